The van der Waals surface area contributed by atoms with E-state index in [0.717, 1.165) is 0 Å². The van der Waals surface area contributed by atoms with E-state index in [2.05, 4.69) is 0 Å². The third-order valence-corrected chi connectivity index (χ3v) is 2.28. The maximum Gasteiger partial charge on any atom is 1.00 e. The van der Waals surface area contributed by atoms with Crippen molar-refractivity contribution in [2.24, 2.45) is 0 Å². The van der Waals surface area contributed by atoms with Gasteiger partial charge in [-0.1, -0.05) is 6.07 Å². The first-order valence-electron chi connectivity index (χ1n) is 4.16. The minimum absolute atomic E-state index is 0. The molecular weight excluding hydrogens is 366 g/mol. The zero-order valence-corrected chi connectivity index (χ0v) is 15.0. The molecule has 0 atom stereocenters. The predicted molar refractivity (Wildman–Crippen MR) is 63.7 cm³/mol. The smallest absolute Gasteiger partial charge is 0.870 e. The number of halogens is 1. The summed E-state index contributed by atoms with van der Waals surface area (Å²) in [4.78, 5) is 21.6. The number of ether oxygens (including phenoxy) is 2. The third-order valence-electron chi connectivity index (χ3n) is 1.43. The van der Waals surface area contributed by atoms with Crippen LogP contribution in [-0.2, 0) is 9.59 Å². The molecule has 1 N–H and O–H groups in total. The molecule has 1 aromatic rings. The van der Waals surface area contributed by atoms with E-state index in [-0.39, 0.29) is 68.4 Å². The molecule has 88 valence electrons. The van der Waals surface area contributed by atoms with E-state index in [1.165, 1.54) is 13.8 Å². The van der Waals surface area contributed by atoms with Gasteiger partial charge in [0.2, 0.25) is 0 Å². The average molecular weight is 376 g/mol. The molecule has 0 saturated heterocycles. The van der Waals surface area contributed by atoms with Crippen LogP contribution in [0.1, 0.15) is 13.8 Å². The first-order valence-corrected chi connectivity index (χ1v) is 5.24. The monoisotopic (exact) mass is 376 g/mol. The van der Waals surface area contributed by atoms with Gasteiger partial charge in [-0.25, -0.2) is 0 Å². The van der Waals surface area contributed by atoms with Crippen molar-refractivity contribution in [3.63, 3.8) is 0 Å². The minimum Gasteiger partial charge on any atom is -0.870 e. The largest absolute Gasteiger partial charge is 1.00 e. The van der Waals surface area contributed by atoms with Crippen LogP contribution in [0.5, 0.6) is 11.5 Å². The SMILES string of the molecule is CC(=O)Oc1cccc(I)c1OC(C)=O.[K+].[OH-]. The molecule has 0 radical (unpaired) electrons. The summed E-state index contributed by atoms with van der Waals surface area (Å²) in [6.07, 6.45) is 0. The van der Waals surface area contributed by atoms with Gasteiger partial charge in [-0.3, -0.25) is 9.59 Å². The van der Waals surface area contributed by atoms with Crippen LogP contribution in [0.2, 0.25) is 0 Å². The summed E-state index contributed by atoms with van der Waals surface area (Å²) in [5.41, 5.74) is 0. The summed E-state index contributed by atoms with van der Waals surface area (Å²) in [5.74, 6) is -0.372. The Hall–Kier alpha value is 0.486. The molecule has 0 saturated carbocycles. The fraction of sp³-hybridized carbons (Fsp3) is 0.200. The van der Waals surface area contributed by atoms with Crippen LogP contribution in [-0.4, -0.2) is 17.4 Å². The molecule has 0 aliphatic heterocycles. The summed E-state index contributed by atoms with van der Waals surface area (Å²) >= 11 is 2.00. The Bertz CT molecular complexity index is 408. The Balaban J connectivity index is 0. The van der Waals surface area contributed by atoms with Gasteiger partial charge in [0.1, 0.15) is 0 Å². The van der Waals surface area contributed by atoms with Crippen molar-refractivity contribution in [1.29, 1.82) is 0 Å². The summed E-state index contributed by atoms with van der Waals surface area (Å²) in [7, 11) is 0. The summed E-state index contributed by atoms with van der Waals surface area (Å²) < 4.78 is 10.6. The zero-order chi connectivity index (χ0) is 11.4. The standard InChI is InChI=1S/C10H9IO4.K.H2O/c1-6(12)14-9-5-3-4-8(11)10(9)15-7(2)13;;/h3-5H,1-2H3;;1H2/q;+1;/p-1. The van der Waals surface area contributed by atoms with Crippen LogP contribution in [0.15, 0.2) is 18.2 Å². The van der Waals surface area contributed by atoms with Crippen LogP contribution < -0.4 is 60.9 Å². The number of hydrogen-bond donors (Lipinski definition) is 0. The van der Waals surface area contributed by atoms with E-state index >= 15 is 0 Å². The normalized spacial score (nSPS) is 8.41. The molecule has 0 unspecified atom stereocenters. The number of para-hydroxylation sites is 1. The second kappa shape index (κ2) is 9.42. The maximum atomic E-state index is 10.8. The van der Waals surface area contributed by atoms with Gasteiger partial charge >= 0.3 is 63.3 Å². The molecule has 0 amide bonds. The van der Waals surface area contributed by atoms with Crippen molar-refractivity contribution < 1.29 is 75.9 Å². The molecule has 0 spiro atoms. The van der Waals surface area contributed by atoms with Crippen LogP contribution in [0.25, 0.3) is 0 Å². The molecule has 1 rings (SSSR count). The van der Waals surface area contributed by atoms with Gasteiger partial charge < -0.3 is 14.9 Å². The Kier molecular flexibility index (Phi) is 11.0. The molecule has 0 bridgehead atoms. The first kappa shape index (κ1) is 19.8. The Morgan fingerprint density at radius 3 is 2.12 bits per heavy atom. The van der Waals surface area contributed by atoms with Crippen LogP contribution >= 0.6 is 22.6 Å². The van der Waals surface area contributed by atoms with Crippen LogP contribution in [0.4, 0.5) is 0 Å². The number of carbonyl (C=O) groups excluding carboxylic acids is 2. The predicted octanol–water partition coefficient (Wildman–Crippen LogP) is -1.03. The van der Waals surface area contributed by atoms with E-state index in [1.54, 1.807) is 18.2 Å². The van der Waals surface area contributed by atoms with E-state index < -0.39 is 11.9 Å². The van der Waals surface area contributed by atoms with Crippen molar-refractivity contribution in [1.82, 2.24) is 0 Å². The molecular formula is C10H10IKO5. The van der Waals surface area contributed by atoms with Crippen molar-refractivity contribution in [2.75, 3.05) is 0 Å². The van der Waals surface area contributed by atoms with Gasteiger partial charge in [-0.05, 0) is 34.7 Å². The topological polar surface area (TPSA) is 82.6 Å². The van der Waals surface area contributed by atoms with Crippen LogP contribution in [0, 0.1) is 3.57 Å². The fourth-order valence-corrected chi connectivity index (χ4v) is 1.55. The molecule has 0 heterocycles. The van der Waals surface area contributed by atoms with Crippen molar-refractivity contribution in [2.45, 2.75) is 13.8 Å². The van der Waals surface area contributed by atoms with Gasteiger partial charge in [0, 0.05) is 13.8 Å². The Labute approximate surface area is 155 Å². The molecule has 0 aromatic heterocycles. The minimum atomic E-state index is -0.453. The molecule has 7 heteroatoms. The first-order chi connectivity index (χ1) is 7.00. The van der Waals surface area contributed by atoms with Crippen LogP contribution in [0.3, 0.4) is 0 Å². The third kappa shape index (κ3) is 6.84. The maximum absolute atomic E-state index is 10.8. The second-order valence-corrected chi connectivity index (χ2v) is 3.92. The molecule has 17 heavy (non-hydrogen) atoms. The molecule has 1 aromatic carbocycles. The average Bonchev–Trinajstić information content (AvgIpc) is 2.09. The van der Waals surface area contributed by atoms with Gasteiger partial charge in [0.15, 0.2) is 11.5 Å². The van der Waals surface area contributed by atoms with E-state index in [0.29, 0.717) is 3.57 Å². The molecule has 0 aliphatic rings. The molecule has 5 nitrogen and oxygen atoms in total. The Morgan fingerprint density at radius 1 is 1.12 bits per heavy atom. The van der Waals surface area contributed by atoms with Gasteiger partial charge in [0.25, 0.3) is 0 Å². The van der Waals surface area contributed by atoms with E-state index in [9.17, 15) is 9.59 Å². The number of esters is 2. The van der Waals surface area contributed by atoms with E-state index in [4.69, 9.17) is 9.47 Å². The quantitative estimate of drug-likeness (QED) is 0.285. The zero-order valence-electron chi connectivity index (χ0n) is 9.69. The number of hydrogen-bond acceptors (Lipinski definition) is 5. The molecule has 0 aliphatic carbocycles. The summed E-state index contributed by atoms with van der Waals surface area (Å²) in [5, 5.41) is 0. The summed E-state index contributed by atoms with van der Waals surface area (Å²) in [6.45, 7) is 2.58. The van der Waals surface area contributed by atoms with E-state index in [1.807, 2.05) is 22.6 Å². The van der Waals surface area contributed by atoms with Crippen molar-refractivity contribution in [3.05, 3.63) is 21.8 Å². The van der Waals surface area contributed by atoms with Gasteiger partial charge in [-0.2, -0.15) is 0 Å². The van der Waals surface area contributed by atoms with Crippen molar-refractivity contribution >= 4 is 34.5 Å². The molecule has 0 fully saturated rings. The Morgan fingerprint density at radius 2 is 1.65 bits per heavy atom. The number of rotatable bonds is 2. The number of benzene rings is 1. The number of carbonyl (C=O) groups is 2. The summed E-state index contributed by atoms with van der Waals surface area (Å²) in [6, 6.07) is 5.04. The van der Waals surface area contributed by atoms with Crippen molar-refractivity contribution in [3.8, 4) is 11.5 Å². The second-order valence-electron chi connectivity index (χ2n) is 2.75. The van der Waals surface area contributed by atoms with Gasteiger partial charge in [0.05, 0.1) is 3.57 Å². The fourth-order valence-electron chi connectivity index (χ4n) is 0.967. The van der Waals surface area contributed by atoms with Gasteiger partial charge in [-0.15, -0.1) is 0 Å².